The highest BCUT2D eigenvalue weighted by molar-refractivity contribution is 5.86. The molecule has 1 N–H and O–H groups in total. The molecule has 61 heavy (non-hydrogen) atoms. The van der Waals surface area contributed by atoms with Crippen LogP contribution in [0.2, 0.25) is 0 Å². The fraction of sp³-hybridized carbons (Fsp3) is 0.778. The summed E-state index contributed by atoms with van der Waals surface area (Å²) in [6, 6.07) is 0. The maximum atomic E-state index is 13.0. The van der Waals surface area contributed by atoms with Crippen molar-refractivity contribution in [3.05, 3.63) is 22.8 Å². The van der Waals surface area contributed by atoms with Crippen LogP contribution in [0.1, 0.15) is 114 Å². The van der Waals surface area contributed by atoms with Gasteiger partial charge in [0.15, 0.2) is 36.0 Å². The Balaban J connectivity index is 1.13. The van der Waals surface area contributed by atoms with Gasteiger partial charge in [-0.3, -0.25) is 28.8 Å². The normalized spacial score (nSPS) is 40.9. The summed E-state index contributed by atoms with van der Waals surface area (Å²) in [4.78, 5) is 74.2. The molecule has 0 amide bonds. The maximum absolute atomic E-state index is 13.0. The number of ketones is 1. The quantitative estimate of drug-likeness (QED) is 0.226. The molecular formula is C45H62O16. The summed E-state index contributed by atoms with van der Waals surface area (Å²) in [5.74, 6) is -4.35. The van der Waals surface area contributed by atoms with Gasteiger partial charge in [0.25, 0.3) is 0 Å². The van der Waals surface area contributed by atoms with E-state index < -0.39 is 96.4 Å². The lowest BCUT2D eigenvalue weighted by Crippen LogP contribution is -2.63. The number of hydrogen-bond acceptors (Lipinski definition) is 16. The smallest absolute Gasteiger partial charge is 0.304 e. The molecule has 0 spiro atoms. The third-order valence-electron chi connectivity index (χ3n) is 14.9. The Morgan fingerprint density at radius 2 is 1.41 bits per heavy atom. The predicted octanol–water partition coefficient (Wildman–Crippen LogP) is 4.36. The molecule has 1 saturated carbocycles. The number of rotatable bonds is 11. The lowest BCUT2D eigenvalue weighted by molar-refractivity contribution is -0.320. The number of fused-ring (bicyclic) bond motifs is 8. The van der Waals surface area contributed by atoms with Gasteiger partial charge in [0.05, 0.1) is 24.2 Å². The van der Waals surface area contributed by atoms with Gasteiger partial charge in [-0.15, -0.1) is 0 Å². The highest BCUT2D eigenvalue weighted by atomic mass is 16.7. The molecule has 3 heterocycles. The van der Waals surface area contributed by atoms with Crippen LogP contribution in [0.15, 0.2) is 22.8 Å². The van der Waals surface area contributed by atoms with Crippen LogP contribution in [0.4, 0.5) is 0 Å². The van der Waals surface area contributed by atoms with Crippen LogP contribution in [0.25, 0.3) is 0 Å². The Morgan fingerprint density at radius 3 is 2.02 bits per heavy atom. The number of aliphatic hydroxyl groups is 1. The zero-order chi connectivity index (χ0) is 44.5. The standard InChI is InChI=1S/C45H62O16/c1-20(2)45(52,21(3)46)40-37-34(41(61-40)57-26(8)51)35-32(59-37)18-31-29-12-11-27-17-28(13-15-43(27,9)30(29)14-16-44(31,35)10)58-42-39(56-25(7)50)38(55-24(6)49)36(54-23(5)48)33(60-42)19-53-22(4)47/h18,20,27-28,32-42,52H,11-17,19H2,1-10H3/t27?,28-,32-,33+,34-,35?,36+,37+,38-,39+,40-,41-,42+,43-,44-,45?/m0/s1. The molecule has 0 aromatic heterocycles. The van der Waals surface area contributed by atoms with Crippen molar-refractivity contribution in [2.45, 2.75) is 181 Å². The molecule has 7 rings (SSSR count). The zero-order valence-electron chi connectivity index (χ0n) is 36.9. The highest BCUT2D eigenvalue weighted by Gasteiger charge is 2.70. The van der Waals surface area contributed by atoms with Crippen molar-refractivity contribution in [3.63, 3.8) is 0 Å². The number of carbonyl (C=O) groups is 6. The predicted molar refractivity (Wildman–Crippen MR) is 210 cm³/mol. The summed E-state index contributed by atoms with van der Waals surface area (Å²) in [6.45, 7) is 15.3. The highest BCUT2D eigenvalue weighted by Crippen LogP contribution is 2.67. The van der Waals surface area contributed by atoms with Gasteiger partial charge in [0.2, 0.25) is 6.29 Å². The first kappa shape index (κ1) is 45.3. The van der Waals surface area contributed by atoms with Gasteiger partial charge >= 0.3 is 29.8 Å². The molecule has 16 heteroatoms. The fourth-order valence-corrected chi connectivity index (χ4v) is 12.2. The Kier molecular flexibility index (Phi) is 12.5. The average molecular weight is 859 g/mol. The van der Waals surface area contributed by atoms with Crippen molar-refractivity contribution in [3.8, 4) is 0 Å². The molecule has 4 aliphatic carbocycles. The van der Waals surface area contributed by atoms with E-state index in [4.69, 9.17) is 42.6 Å². The molecule has 3 saturated heterocycles. The third kappa shape index (κ3) is 7.97. The van der Waals surface area contributed by atoms with E-state index >= 15 is 0 Å². The number of ether oxygens (including phenoxy) is 9. The summed E-state index contributed by atoms with van der Waals surface area (Å²) in [6.07, 6.45) is -1.71. The molecule has 0 radical (unpaired) electrons. The minimum absolute atomic E-state index is 0.101. The van der Waals surface area contributed by atoms with E-state index in [1.807, 2.05) is 0 Å². The maximum Gasteiger partial charge on any atom is 0.304 e. The van der Waals surface area contributed by atoms with Crippen molar-refractivity contribution in [1.82, 2.24) is 0 Å². The summed E-state index contributed by atoms with van der Waals surface area (Å²) in [7, 11) is 0. The van der Waals surface area contributed by atoms with E-state index in [0.29, 0.717) is 12.8 Å². The number of allylic oxidation sites excluding steroid dienone is 3. The molecule has 0 bridgehead atoms. The Labute approximate surface area is 356 Å². The number of hydrogen-bond donors (Lipinski definition) is 1. The van der Waals surface area contributed by atoms with Crippen molar-refractivity contribution in [2.24, 2.45) is 34.5 Å². The van der Waals surface area contributed by atoms with Crippen LogP contribution in [0.3, 0.4) is 0 Å². The van der Waals surface area contributed by atoms with Crippen LogP contribution in [-0.4, -0.2) is 114 Å². The zero-order valence-corrected chi connectivity index (χ0v) is 36.9. The lowest BCUT2D eigenvalue weighted by Gasteiger charge is -2.54. The van der Waals surface area contributed by atoms with Gasteiger partial charge in [-0.25, -0.2) is 0 Å². The number of esters is 5. The molecule has 16 atom stereocenters. The van der Waals surface area contributed by atoms with E-state index in [-0.39, 0.29) is 47.4 Å². The monoisotopic (exact) mass is 858 g/mol. The summed E-state index contributed by atoms with van der Waals surface area (Å²) in [5, 5.41) is 11.8. The fourth-order valence-electron chi connectivity index (χ4n) is 12.2. The van der Waals surface area contributed by atoms with Crippen LogP contribution in [-0.2, 0) is 71.4 Å². The second-order valence-electron chi connectivity index (χ2n) is 18.9. The lowest BCUT2D eigenvalue weighted by atomic mass is 9.51. The summed E-state index contributed by atoms with van der Waals surface area (Å²) in [5.41, 5.74) is 1.74. The molecule has 7 aliphatic rings. The minimum Gasteiger partial charge on any atom is -0.463 e. The first-order valence-corrected chi connectivity index (χ1v) is 21.7. The van der Waals surface area contributed by atoms with Gasteiger partial charge in [-0.2, -0.15) is 0 Å². The minimum atomic E-state index is -1.83. The number of carbonyl (C=O) groups excluding carboxylic acids is 6. The van der Waals surface area contributed by atoms with Crippen molar-refractivity contribution in [2.75, 3.05) is 6.61 Å². The Bertz CT molecular complexity index is 1870. The second kappa shape index (κ2) is 16.8. The molecule has 3 aliphatic heterocycles. The molecule has 0 aromatic rings. The molecule has 3 unspecified atom stereocenters. The first-order valence-electron chi connectivity index (χ1n) is 21.7. The molecule has 16 nitrogen and oxygen atoms in total. The molecular weight excluding hydrogens is 796 g/mol. The van der Waals surface area contributed by atoms with E-state index in [9.17, 15) is 33.9 Å². The third-order valence-corrected chi connectivity index (χ3v) is 14.9. The van der Waals surface area contributed by atoms with Gasteiger partial charge in [-0.1, -0.05) is 39.3 Å². The SMILES string of the molecule is CC(=O)OC[C@H]1O[C@@H](O[C@H]2CC[C@]3(C)C4=C(CCC3C2)C2=C[C@@H]3O[C@@H]5[C@H](C3[C@@]2(C)CC4)[C@@H](OC(C)=O)O[C@@H]5C(O)(C(C)=O)C(C)C)[C@H](OC(C)=O)[C@@H](OC(C)=O)[C@@H]1OC(C)=O. The Morgan fingerprint density at radius 1 is 0.770 bits per heavy atom. The largest absolute Gasteiger partial charge is 0.463 e. The Hall–Kier alpha value is -3.70. The summed E-state index contributed by atoms with van der Waals surface area (Å²) < 4.78 is 53.9. The molecule has 338 valence electrons. The van der Waals surface area contributed by atoms with Crippen LogP contribution in [0.5, 0.6) is 0 Å². The van der Waals surface area contributed by atoms with E-state index in [1.165, 1.54) is 58.3 Å². The van der Waals surface area contributed by atoms with Crippen LogP contribution >= 0.6 is 0 Å². The van der Waals surface area contributed by atoms with Gasteiger partial charge in [0, 0.05) is 40.5 Å². The van der Waals surface area contributed by atoms with Crippen molar-refractivity contribution < 1.29 is 76.5 Å². The molecule has 4 fully saturated rings. The van der Waals surface area contributed by atoms with Crippen molar-refractivity contribution >= 4 is 35.6 Å². The van der Waals surface area contributed by atoms with E-state index in [2.05, 4.69) is 19.9 Å². The topological polar surface area (TPSA) is 206 Å². The summed E-state index contributed by atoms with van der Waals surface area (Å²) >= 11 is 0. The number of Topliss-reactive ketones (excluding diaryl/α,β-unsaturated/α-hetero) is 1. The molecule has 0 aromatic carbocycles. The first-order chi connectivity index (χ1) is 28.6. The van der Waals surface area contributed by atoms with Gasteiger partial charge in [0.1, 0.15) is 18.8 Å². The van der Waals surface area contributed by atoms with Crippen LogP contribution in [0, 0.1) is 34.5 Å². The van der Waals surface area contributed by atoms with E-state index in [0.717, 1.165) is 32.1 Å². The second-order valence-corrected chi connectivity index (χ2v) is 18.9. The van der Waals surface area contributed by atoms with Gasteiger partial charge < -0.3 is 47.7 Å². The average Bonchev–Trinajstić information content (AvgIpc) is 3.79. The van der Waals surface area contributed by atoms with E-state index in [1.54, 1.807) is 13.8 Å². The van der Waals surface area contributed by atoms with Crippen LogP contribution < -0.4 is 0 Å². The van der Waals surface area contributed by atoms with Crippen molar-refractivity contribution in [1.29, 1.82) is 0 Å². The van der Waals surface area contributed by atoms with Gasteiger partial charge in [-0.05, 0) is 85.7 Å².